The lowest BCUT2D eigenvalue weighted by Crippen LogP contribution is -2.36. The quantitative estimate of drug-likeness (QED) is 0.717. The van der Waals surface area contributed by atoms with Crippen LogP contribution in [0.3, 0.4) is 0 Å². The van der Waals surface area contributed by atoms with Gasteiger partial charge < -0.3 is 0 Å². The molecule has 0 aliphatic heterocycles. The van der Waals surface area contributed by atoms with Crippen LogP contribution >= 0.6 is 38.9 Å². The van der Waals surface area contributed by atoms with Crippen molar-refractivity contribution in [3.8, 4) is 0 Å². The maximum atomic E-state index is 12.6. The summed E-state index contributed by atoms with van der Waals surface area (Å²) in [5.41, 5.74) is 0. The highest BCUT2D eigenvalue weighted by Crippen LogP contribution is 2.36. The highest BCUT2D eigenvalue weighted by Gasteiger charge is 2.30. The van der Waals surface area contributed by atoms with Crippen molar-refractivity contribution in [3.63, 3.8) is 0 Å². The fraction of sp³-hybridized carbons (Fsp3) is 0.667. The summed E-state index contributed by atoms with van der Waals surface area (Å²) in [7, 11) is -1.73. The van der Waals surface area contributed by atoms with E-state index >= 15 is 0 Å². The summed E-state index contributed by atoms with van der Waals surface area (Å²) < 4.78 is 27.7. The van der Waals surface area contributed by atoms with Crippen molar-refractivity contribution < 1.29 is 8.42 Å². The number of halogens is 2. The van der Waals surface area contributed by atoms with E-state index in [1.807, 2.05) is 0 Å². The molecule has 0 spiro atoms. The maximum absolute atomic E-state index is 12.6. The van der Waals surface area contributed by atoms with Gasteiger partial charge in [0.15, 0.2) is 0 Å². The second-order valence-electron chi connectivity index (χ2n) is 4.85. The summed E-state index contributed by atoms with van der Waals surface area (Å²) in [4.78, 5) is 0. The number of sulfonamides is 1. The number of nitrogens with zero attached hydrogens (tertiary/aromatic N) is 1. The van der Waals surface area contributed by atoms with Gasteiger partial charge >= 0.3 is 0 Å². The molecule has 3 nitrogen and oxygen atoms in total. The summed E-state index contributed by atoms with van der Waals surface area (Å²) in [5, 5.41) is 0.456. The van der Waals surface area contributed by atoms with Crippen LogP contribution in [0, 0.1) is 0 Å². The summed E-state index contributed by atoms with van der Waals surface area (Å²) >= 11 is 10.4. The zero-order valence-corrected chi connectivity index (χ0v) is 14.7. The molecular weight excluding hydrogens is 370 g/mol. The third-order valence-corrected chi connectivity index (χ3v) is 8.43. The number of hydrogen-bond donors (Lipinski definition) is 0. The van der Waals surface area contributed by atoms with Gasteiger partial charge in [-0.15, -0.1) is 11.3 Å². The largest absolute Gasteiger partial charge is 0.252 e. The van der Waals surface area contributed by atoms with Gasteiger partial charge in [-0.25, -0.2) is 8.42 Å². The third-order valence-electron chi connectivity index (χ3n) is 3.59. The van der Waals surface area contributed by atoms with E-state index in [0.29, 0.717) is 13.0 Å². The van der Waals surface area contributed by atoms with Crippen molar-refractivity contribution in [1.82, 2.24) is 4.31 Å². The molecule has 0 unspecified atom stereocenters. The minimum Gasteiger partial charge on any atom is -0.206 e. The Bertz CT molecular complexity index is 516. The van der Waals surface area contributed by atoms with E-state index in [2.05, 4.69) is 15.9 Å². The van der Waals surface area contributed by atoms with Crippen molar-refractivity contribution in [3.05, 3.63) is 14.9 Å². The average molecular weight is 387 g/mol. The highest BCUT2D eigenvalue weighted by molar-refractivity contribution is 9.11. The van der Waals surface area contributed by atoms with Crippen molar-refractivity contribution in [2.24, 2.45) is 0 Å². The lowest BCUT2D eigenvalue weighted by molar-refractivity contribution is 0.336. The molecule has 0 radical (unpaired) electrons. The third kappa shape index (κ3) is 3.53. The first-order valence-corrected chi connectivity index (χ1v) is 9.78. The van der Waals surface area contributed by atoms with Gasteiger partial charge in [0.2, 0.25) is 0 Å². The van der Waals surface area contributed by atoms with E-state index in [1.165, 1.54) is 34.6 Å². The number of thiophene rings is 1. The maximum Gasteiger partial charge on any atom is 0.252 e. The first-order valence-electron chi connectivity index (χ1n) is 6.36. The molecule has 0 N–H and O–H groups in total. The van der Waals surface area contributed by atoms with E-state index in [1.54, 1.807) is 7.05 Å². The Morgan fingerprint density at radius 3 is 2.37 bits per heavy atom. The van der Waals surface area contributed by atoms with E-state index in [4.69, 9.17) is 11.6 Å². The standard InChI is InChI=1S/C12H17BrClNO2S2/c1-15(9-6-4-2-3-5-7-9)19(16,17)11-8-10(14)12(13)18-11/h8-9H,2-7H2,1H3. The molecule has 1 saturated carbocycles. The van der Waals surface area contributed by atoms with Crippen LogP contribution in [-0.4, -0.2) is 25.8 Å². The summed E-state index contributed by atoms with van der Waals surface area (Å²) in [6.45, 7) is 0. The molecule has 0 atom stereocenters. The van der Waals surface area contributed by atoms with Gasteiger partial charge in [-0.1, -0.05) is 37.3 Å². The Morgan fingerprint density at radius 1 is 1.32 bits per heavy atom. The topological polar surface area (TPSA) is 37.4 Å². The van der Waals surface area contributed by atoms with Gasteiger partial charge in [0.1, 0.15) is 4.21 Å². The van der Waals surface area contributed by atoms with Gasteiger partial charge in [0.25, 0.3) is 10.0 Å². The van der Waals surface area contributed by atoms with Gasteiger partial charge in [0, 0.05) is 13.1 Å². The molecule has 7 heteroatoms. The predicted molar refractivity (Wildman–Crippen MR) is 83.5 cm³/mol. The average Bonchev–Trinajstić information content (AvgIpc) is 2.60. The van der Waals surface area contributed by atoms with Crippen LogP contribution in [-0.2, 0) is 10.0 Å². The van der Waals surface area contributed by atoms with E-state index in [9.17, 15) is 8.42 Å². The lowest BCUT2D eigenvalue weighted by atomic mass is 10.1. The molecule has 0 amide bonds. The minimum atomic E-state index is -3.42. The zero-order chi connectivity index (χ0) is 14.0. The van der Waals surface area contributed by atoms with Gasteiger partial charge in [-0.2, -0.15) is 4.31 Å². The summed E-state index contributed by atoms with van der Waals surface area (Å²) in [6, 6.07) is 1.64. The molecule has 0 bridgehead atoms. The second kappa shape index (κ2) is 6.43. The van der Waals surface area contributed by atoms with E-state index in [-0.39, 0.29) is 6.04 Å². The normalized spacial score (nSPS) is 18.7. The van der Waals surface area contributed by atoms with Gasteiger partial charge in [0.05, 0.1) is 8.81 Å². The highest BCUT2D eigenvalue weighted by atomic mass is 79.9. The Hall–Kier alpha value is 0.380. The summed E-state index contributed by atoms with van der Waals surface area (Å²) in [6.07, 6.45) is 6.55. The Labute approximate surface area is 132 Å². The van der Waals surface area contributed by atoms with Crippen LogP contribution < -0.4 is 0 Å². The molecule has 1 aliphatic carbocycles. The van der Waals surface area contributed by atoms with Gasteiger partial charge in [-0.3, -0.25) is 0 Å². The van der Waals surface area contributed by atoms with Crippen molar-refractivity contribution in [2.45, 2.75) is 48.8 Å². The molecule has 0 aromatic carbocycles. The van der Waals surface area contributed by atoms with Crippen LogP contribution in [0.25, 0.3) is 0 Å². The van der Waals surface area contributed by atoms with Gasteiger partial charge in [-0.05, 0) is 34.8 Å². The Morgan fingerprint density at radius 2 is 1.89 bits per heavy atom. The van der Waals surface area contributed by atoms with Crippen molar-refractivity contribution >= 4 is 48.9 Å². The minimum absolute atomic E-state index is 0.118. The summed E-state index contributed by atoms with van der Waals surface area (Å²) in [5.74, 6) is 0. The smallest absolute Gasteiger partial charge is 0.206 e. The molecular formula is C12H17BrClNO2S2. The van der Waals surface area contributed by atoms with Crippen LogP contribution in [0.4, 0.5) is 0 Å². The molecule has 108 valence electrons. The molecule has 1 fully saturated rings. The van der Waals surface area contributed by atoms with Crippen molar-refractivity contribution in [1.29, 1.82) is 0 Å². The van der Waals surface area contributed by atoms with E-state index < -0.39 is 10.0 Å². The Balaban J connectivity index is 2.22. The first kappa shape index (κ1) is 15.8. The van der Waals surface area contributed by atoms with Crippen LogP contribution in [0.2, 0.25) is 5.02 Å². The molecule has 1 aromatic rings. The fourth-order valence-corrected chi connectivity index (χ4v) is 6.41. The van der Waals surface area contributed by atoms with Crippen LogP contribution in [0.1, 0.15) is 38.5 Å². The molecule has 2 rings (SSSR count). The fourth-order valence-electron chi connectivity index (χ4n) is 2.41. The van der Waals surface area contributed by atoms with E-state index in [0.717, 1.165) is 25.7 Å². The Kier molecular flexibility index (Phi) is 5.34. The molecule has 0 saturated heterocycles. The molecule has 1 heterocycles. The molecule has 1 aliphatic rings. The number of hydrogen-bond acceptors (Lipinski definition) is 3. The van der Waals surface area contributed by atoms with Crippen LogP contribution in [0.15, 0.2) is 14.1 Å². The molecule has 19 heavy (non-hydrogen) atoms. The monoisotopic (exact) mass is 385 g/mol. The lowest BCUT2D eigenvalue weighted by Gasteiger charge is -2.25. The number of rotatable bonds is 3. The predicted octanol–water partition coefficient (Wildman–Crippen LogP) is 4.51. The second-order valence-corrected chi connectivity index (χ2v) is 9.86. The van der Waals surface area contributed by atoms with Crippen molar-refractivity contribution in [2.75, 3.05) is 7.05 Å². The zero-order valence-electron chi connectivity index (χ0n) is 10.7. The first-order chi connectivity index (χ1) is 8.93. The molecule has 1 aromatic heterocycles. The van der Waals surface area contributed by atoms with Crippen LogP contribution in [0.5, 0.6) is 0 Å². The SMILES string of the molecule is CN(C1CCCCCC1)S(=O)(=O)c1cc(Cl)c(Br)s1.